The lowest BCUT2D eigenvalue weighted by atomic mass is 9.99. The van der Waals surface area contributed by atoms with Gasteiger partial charge in [-0.2, -0.15) is 11.2 Å². The molecule has 0 N–H and O–H groups in total. The lowest BCUT2D eigenvalue weighted by molar-refractivity contribution is 0.118. The van der Waals surface area contributed by atoms with Crippen molar-refractivity contribution in [2.24, 2.45) is 0 Å². The number of hydrogen-bond donors (Lipinski definition) is 0. The molecule has 5 heteroatoms. The molecule has 0 amide bonds. The molecule has 1 saturated heterocycles. The first kappa shape index (κ1) is 23.6. The van der Waals surface area contributed by atoms with Crippen molar-refractivity contribution in [2.75, 3.05) is 12.3 Å². The predicted octanol–water partition coefficient (Wildman–Crippen LogP) is 7.12. The van der Waals surface area contributed by atoms with E-state index in [1.807, 2.05) is 0 Å². The Morgan fingerprint density at radius 1 is 1.07 bits per heavy atom. The summed E-state index contributed by atoms with van der Waals surface area (Å²) in [5.74, 6) is 2.49. The van der Waals surface area contributed by atoms with Crippen LogP contribution in [-0.4, -0.2) is 38.8 Å². The molecule has 1 atom stereocenters. The Bertz CT molecular complexity index is 634. The van der Waals surface area contributed by atoms with Crippen molar-refractivity contribution in [3.8, 4) is 0 Å². The maximum Gasteiger partial charge on any atom is 0.244 e. The van der Waals surface area contributed by atoms with E-state index in [2.05, 4.69) is 92.6 Å². The highest BCUT2D eigenvalue weighted by molar-refractivity contribution is 8.28. The van der Waals surface area contributed by atoms with Gasteiger partial charge in [-0.25, -0.2) is 0 Å². The quantitative estimate of drug-likeness (QED) is 0.302. The lowest BCUT2D eigenvalue weighted by Gasteiger charge is -2.42. The first-order valence-electron chi connectivity index (χ1n) is 10.9. The highest BCUT2D eigenvalue weighted by Gasteiger charge is 2.30. The first-order chi connectivity index (χ1) is 13.1. The number of rotatable bonds is 9. The van der Waals surface area contributed by atoms with Crippen LogP contribution in [-0.2, 0) is 10.8 Å². The minimum atomic E-state index is -1.67. The third-order valence-corrected chi connectivity index (χ3v) is 10.3. The van der Waals surface area contributed by atoms with Gasteiger partial charge in [0.05, 0.1) is 0 Å². The van der Waals surface area contributed by atoms with Crippen molar-refractivity contribution in [1.82, 2.24) is 4.90 Å². The third-order valence-electron chi connectivity index (χ3n) is 4.95. The molecule has 0 unspecified atom stereocenters. The molecule has 0 bridgehead atoms. The third kappa shape index (κ3) is 8.38. The number of benzene rings is 1. The number of hydrogen-bond acceptors (Lipinski definition) is 3. The van der Waals surface area contributed by atoms with Crippen LogP contribution in [0.4, 0.5) is 0 Å². The molecule has 1 aliphatic rings. The van der Waals surface area contributed by atoms with Gasteiger partial charge in [0.15, 0.2) is 5.88 Å². The van der Waals surface area contributed by atoms with Crippen molar-refractivity contribution in [3.05, 3.63) is 47.4 Å². The maximum atomic E-state index is 6.74. The number of likely N-dealkylation sites (tertiary alicyclic amines) is 1. The topological polar surface area (TPSA) is 12.5 Å². The van der Waals surface area contributed by atoms with Crippen molar-refractivity contribution < 1.29 is 4.43 Å². The second-order valence-electron chi connectivity index (χ2n) is 10.1. The largest absolute Gasteiger partial charge is 0.533 e. The molecule has 1 aromatic rings. The molecule has 1 aliphatic heterocycles. The van der Waals surface area contributed by atoms with Crippen LogP contribution in [0.25, 0.3) is 0 Å². The Morgan fingerprint density at radius 2 is 1.75 bits per heavy atom. The fraction of sp³-hybridized carbons (Fsp3) is 0.652. The van der Waals surface area contributed by atoms with Crippen molar-refractivity contribution in [2.45, 2.75) is 84.4 Å². The normalized spacial score (nSPS) is 19.4. The summed E-state index contributed by atoms with van der Waals surface area (Å²) in [4.78, 5) is 2.64. The van der Waals surface area contributed by atoms with Crippen LogP contribution in [0.1, 0.15) is 38.2 Å². The molecule has 2 rings (SSSR count). The van der Waals surface area contributed by atoms with Crippen LogP contribution in [0.5, 0.6) is 0 Å². The van der Waals surface area contributed by atoms with E-state index in [9.17, 15) is 0 Å². The zero-order valence-corrected chi connectivity index (χ0v) is 22.0. The monoisotopic (exact) mass is 435 g/mol. The van der Waals surface area contributed by atoms with Gasteiger partial charge in [-0.05, 0) is 75.6 Å². The van der Waals surface area contributed by atoms with Crippen molar-refractivity contribution in [3.63, 3.8) is 0 Å². The molecule has 28 heavy (non-hydrogen) atoms. The molecule has 1 fully saturated rings. The summed E-state index contributed by atoms with van der Waals surface area (Å²) >= 11 is 2.23. The van der Waals surface area contributed by atoms with Gasteiger partial charge in [-0.1, -0.05) is 50.0 Å². The van der Waals surface area contributed by atoms with E-state index < -0.39 is 15.5 Å². The molecule has 1 heterocycles. The first-order valence-corrected chi connectivity index (χ1v) is 19.5. The maximum absolute atomic E-state index is 6.74. The van der Waals surface area contributed by atoms with E-state index in [-0.39, 0.29) is 0 Å². The number of nitrogens with zero attached hydrogens (tertiary/aromatic N) is 1. The van der Waals surface area contributed by atoms with E-state index in [1.165, 1.54) is 48.5 Å². The zero-order valence-electron chi connectivity index (χ0n) is 19.2. The number of allylic oxidation sites excluding steroid dienone is 1. The van der Waals surface area contributed by atoms with E-state index in [0.29, 0.717) is 6.04 Å². The van der Waals surface area contributed by atoms with Crippen molar-refractivity contribution in [1.29, 1.82) is 0 Å². The predicted molar refractivity (Wildman–Crippen MR) is 132 cm³/mol. The standard InChI is InChI=1S/C23H41NOSSi2/c1-20(19-21-13-9-8-10-14-21)23(25-27(2,3)4)24-17-12-11-15-22(24)16-18-26-28(5,6)7/h8-10,13-14,22H,11-12,15-19H2,1-7H3/b23-20-/t22-/m0/s1. The molecule has 0 spiro atoms. The van der Waals surface area contributed by atoms with Crippen molar-refractivity contribution >= 4 is 26.8 Å². The lowest BCUT2D eigenvalue weighted by Crippen LogP contribution is -2.43. The average molecular weight is 436 g/mol. The minimum absolute atomic E-state index is 0.634. The Balaban J connectivity index is 2.22. The van der Waals surface area contributed by atoms with Gasteiger partial charge in [0, 0.05) is 12.6 Å². The molecular weight excluding hydrogens is 394 g/mol. The van der Waals surface area contributed by atoms with Gasteiger partial charge >= 0.3 is 0 Å². The van der Waals surface area contributed by atoms with E-state index >= 15 is 0 Å². The summed E-state index contributed by atoms with van der Waals surface area (Å²) in [5, 5.41) is 0. The molecule has 0 saturated carbocycles. The molecule has 158 valence electrons. The molecule has 2 nitrogen and oxygen atoms in total. The molecule has 0 radical (unpaired) electrons. The van der Waals surface area contributed by atoms with E-state index in [1.54, 1.807) is 0 Å². The summed E-state index contributed by atoms with van der Waals surface area (Å²) in [5.41, 5.74) is 2.76. The summed E-state index contributed by atoms with van der Waals surface area (Å²) in [7, 11) is -2.71. The van der Waals surface area contributed by atoms with Crippen LogP contribution in [0.3, 0.4) is 0 Å². The van der Waals surface area contributed by atoms with Gasteiger partial charge in [0.2, 0.25) is 8.32 Å². The summed E-state index contributed by atoms with van der Waals surface area (Å²) in [6.07, 6.45) is 6.22. The second-order valence-corrected chi connectivity index (χ2v) is 23.9. The van der Waals surface area contributed by atoms with Crippen LogP contribution in [0.15, 0.2) is 41.8 Å². The van der Waals surface area contributed by atoms with E-state index in [4.69, 9.17) is 4.43 Å². The SMILES string of the molecule is C/C(Cc1ccccc1)=C(/O[Si](C)(C)C)N1CCCC[C@H]1CCS[Si](C)(C)C. The van der Waals surface area contributed by atoms with Gasteiger partial charge in [0.1, 0.15) is 7.22 Å². The average Bonchev–Trinajstić information content (AvgIpc) is 2.59. The summed E-state index contributed by atoms with van der Waals surface area (Å²) < 4.78 is 6.74. The van der Waals surface area contributed by atoms with E-state index in [0.717, 1.165) is 13.0 Å². The van der Waals surface area contributed by atoms with Gasteiger partial charge < -0.3 is 9.33 Å². The highest BCUT2D eigenvalue weighted by Crippen LogP contribution is 2.31. The number of piperidine rings is 1. The fourth-order valence-electron chi connectivity index (χ4n) is 3.73. The Hall–Kier alpha value is -0.656. The van der Waals surface area contributed by atoms with Crippen LogP contribution >= 0.6 is 11.2 Å². The Labute approximate surface area is 179 Å². The van der Waals surface area contributed by atoms with Crippen LogP contribution in [0, 0.1) is 0 Å². The molecule has 0 aromatic heterocycles. The van der Waals surface area contributed by atoms with Gasteiger partial charge in [-0.3, -0.25) is 0 Å². The zero-order chi connectivity index (χ0) is 20.8. The second kappa shape index (κ2) is 10.4. The van der Waals surface area contributed by atoms with Gasteiger partial charge in [-0.15, -0.1) is 0 Å². The fourth-order valence-corrected chi connectivity index (χ4v) is 7.79. The molecule has 0 aliphatic carbocycles. The Morgan fingerprint density at radius 3 is 2.36 bits per heavy atom. The van der Waals surface area contributed by atoms with Crippen LogP contribution < -0.4 is 0 Å². The minimum Gasteiger partial charge on any atom is -0.533 e. The van der Waals surface area contributed by atoms with Crippen LogP contribution in [0.2, 0.25) is 39.3 Å². The summed E-state index contributed by atoms with van der Waals surface area (Å²) in [6, 6.07) is 11.5. The smallest absolute Gasteiger partial charge is 0.244 e. The Kier molecular flexibility index (Phi) is 8.77. The molecule has 1 aromatic carbocycles. The summed E-state index contributed by atoms with van der Waals surface area (Å²) in [6.45, 7) is 17.7. The highest BCUT2D eigenvalue weighted by atomic mass is 32.4. The van der Waals surface area contributed by atoms with Gasteiger partial charge in [0.25, 0.3) is 0 Å². The molecular formula is C23H41NOSSi2.